The third-order valence-corrected chi connectivity index (χ3v) is 3.28. The van der Waals surface area contributed by atoms with Crippen LogP contribution in [0.2, 0.25) is 0 Å². The normalized spacial score (nSPS) is 14.7. The van der Waals surface area contributed by atoms with Gasteiger partial charge in [0.05, 0.1) is 11.7 Å². The lowest BCUT2D eigenvalue weighted by atomic mass is 10.3. The smallest absolute Gasteiger partial charge is 0.247 e. The van der Waals surface area contributed by atoms with Crippen LogP contribution in [0.15, 0.2) is 47.0 Å². The zero-order chi connectivity index (χ0) is 14.5. The molecule has 2 rings (SSSR count). The highest BCUT2D eigenvalue weighted by atomic mass is 32.2. The van der Waals surface area contributed by atoms with E-state index in [0.717, 1.165) is 23.9 Å². The molecule has 0 fully saturated rings. The number of halogens is 2. The Morgan fingerprint density at radius 2 is 2.15 bits per heavy atom. The highest BCUT2D eigenvalue weighted by Gasteiger charge is 2.07. The summed E-state index contributed by atoms with van der Waals surface area (Å²) >= 11 is 0.868. The van der Waals surface area contributed by atoms with Gasteiger partial charge in [0.15, 0.2) is 0 Å². The summed E-state index contributed by atoms with van der Waals surface area (Å²) in [5.41, 5.74) is 0.568. The van der Waals surface area contributed by atoms with E-state index in [0.29, 0.717) is 12.4 Å². The Balaban J connectivity index is 2.00. The van der Waals surface area contributed by atoms with Crippen LogP contribution < -0.4 is 10.6 Å². The summed E-state index contributed by atoms with van der Waals surface area (Å²) in [6.45, 7) is 0.322. The lowest BCUT2D eigenvalue weighted by Crippen LogP contribution is -2.37. The van der Waals surface area contributed by atoms with E-state index in [-0.39, 0.29) is 15.8 Å². The standard InChI is InChI=1S/C13H11F2N3OS/c14-8-1-3-11(10(15)5-8)20-12(16)4-2-9-6-13(19)18-7-17-9/h1-6,16-17H,7H2,(H,18,19)/b4-2-,16-12?. The highest BCUT2D eigenvalue weighted by Crippen LogP contribution is 2.23. The van der Waals surface area contributed by atoms with Crippen molar-refractivity contribution in [3.8, 4) is 0 Å². The van der Waals surface area contributed by atoms with Crippen LogP contribution in [0.1, 0.15) is 0 Å². The number of hydrogen-bond donors (Lipinski definition) is 3. The minimum absolute atomic E-state index is 0.0733. The molecule has 0 bridgehead atoms. The van der Waals surface area contributed by atoms with Crippen LogP contribution in [-0.4, -0.2) is 17.6 Å². The van der Waals surface area contributed by atoms with Crippen molar-refractivity contribution in [3.05, 3.63) is 53.8 Å². The molecule has 0 radical (unpaired) electrons. The van der Waals surface area contributed by atoms with Gasteiger partial charge in [-0.3, -0.25) is 10.2 Å². The Bertz CT molecular complexity index is 614. The first kappa shape index (κ1) is 14.3. The highest BCUT2D eigenvalue weighted by molar-refractivity contribution is 8.14. The SMILES string of the molecule is N=C(/C=C\C1=CC(=O)NCN1)Sc1ccc(F)cc1F. The van der Waals surface area contributed by atoms with Crippen LogP contribution >= 0.6 is 11.8 Å². The molecule has 1 aliphatic heterocycles. The van der Waals surface area contributed by atoms with Crippen molar-refractivity contribution >= 4 is 22.7 Å². The summed E-state index contributed by atoms with van der Waals surface area (Å²) in [5.74, 6) is -1.58. The van der Waals surface area contributed by atoms with Crippen LogP contribution in [0.3, 0.4) is 0 Å². The molecule has 0 atom stereocenters. The zero-order valence-corrected chi connectivity index (χ0v) is 11.1. The van der Waals surface area contributed by atoms with E-state index in [1.54, 1.807) is 6.08 Å². The molecule has 0 saturated heterocycles. The van der Waals surface area contributed by atoms with Gasteiger partial charge in [0, 0.05) is 22.7 Å². The van der Waals surface area contributed by atoms with E-state index in [2.05, 4.69) is 10.6 Å². The Labute approximate surface area is 118 Å². The van der Waals surface area contributed by atoms with Crippen molar-refractivity contribution in [2.45, 2.75) is 4.90 Å². The van der Waals surface area contributed by atoms with Crippen molar-refractivity contribution in [2.75, 3.05) is 6.67 Å². The molecular weight excluding hydrogens is 284 g/mol. The second kappa shape index (κ2) is 6.33. The molecule has 1 aromatic carbocycles. The summed E-state index contributed by atoms with van der Waals surface area (Å²) in [5, 5.41) is 13.2. The first-order valence-electron chi connectivity index (χ1n) is 5.67. The summed E-state index contributed by atoms with van der Waals surface area (Å²) < 4.78 is 26.1. The van der Waals surface area contributed by atoms with E-state index in [1.165, 1.54) is 18.2 Å². The molecule has 1 aliphatic rings. The summed E-state index contributed by atoms with van der Waals surface area (Å²) in [4.78, 5) is 11.3. The molecule has 0 saturated carbocycles. The monoisotopic (exact) mass is 295 g/mol. The van der Waals surface area contributed by atoms with Gasteiger partial charge >= 0.3 is 0 Å². The molecule has 0 aliphatic carbocycles. The third kappa shape index (κ3) is 3.92. The first-order valence-corrected chi connectivity index (χ1v) is 6.49. The van der Waals surface area contributed by atoms with Gasteiger partial charge in [0.1, 0.15) is 11.6 Å². The van der Waals surface area contributed by atoms with Crippen LogP contribution in [0, 0.1) is 17.0 Å². The second-order valence-corrected chi connectivity index (χ2v) is 4.95. The van der Waals surface area contributed by atoms with Gasteiger partial charge < -0.3 is 10.6 Å². The number of rotatable bonds is 3. The predicted octanol–water partition coefficient (Wildman–Crippen LogP) is 2.15. The maximum absolute atomic E-state index is 13.4. The van der Waals surface area contributed by atoms with Gasteiger partial charge in [-0.25, -0.2) is 8.78 Å². The molecule has 4 nitrogen and oxygen atoms in total. The molecule has 1 heterocycles. The van der Waals surface area contributed by atoms with Crippen molar-refractivity contribution < 1.29 is 13.6 Å². The van der Waals surface area contributed by atoms with Gasteiger partial charge in [-0.2, -0.15) is 0 Å². The molecule has 0 spiro atoms. The van der Waals surface area contributed by atoms with Crippen molar-refractivity contribution in [1.82, 2.24) is 10.6 Å². The van der Waals surface area contributed by atoms with Gasteiger partial charge in [-0.15, -0.1) is 0 Å². The maximum atomic E-state index is 13.4. The summed E-state index contributed by atoms with van der Waals surface area (Å²) in [6.07, 6.45) is 4.34. The van der Waals surface area contributed by atoms with E-state index >= 15 is 0 Å². The fourth-order valence-corrected chi connectivity index (χ4v) is 2.13. The fraction of sp³-hybridized carbons (Fsp3) is 0.0769. The first-order chi connectivity index (χ1) is 9.54. The third-order valence-electron chi connectivity index (χ3n) is 2.37. The van der Waals surface area contributed by atoms with Crippen molar-refractivity contribution in [1.29, 1.82) is 5.41 Å². The number of carbonyl (C=O) groups is 1. The molecule has 104 valence electrons. The van der Waals surface area contributed by atoms with E-state index < -0.39 is 11.6 Å². The Morgan fingerprint density at radius 1 is 1.35 bits per heavy atom. The number of hydrogen-bond acceptors (Lipinski definition) is 4. The van der Waals surface area contributed by atoms with Gasteiger partial charge in [0.2, 0.25) is 5.91 Å². The van der Waals surface area contributed by atoms with Gasteiger partial charge in [-0.05, 0) is 24.3 Å². The average molecular weight is 295 g/mol. The molecule has 7 heteroatoms. The zero-order valence-electron chi connectivity index (χ0n) is 10.2. The minimum atomic E-state index is -0.706. The van der Waals surface area contributed by atoms with Crippen molar-refractivity contribution in [2.24, 2.45) is 0 Å². The quantitative estimate of drug-likeness (QED) is 0.455. The second-order valence-electron chi connectivity index (χ2n) is 3.87. The van der Waals surface area contributed by atoms with Gasteiger partial charge in [0.25, 0.3) is 0 Å². The number of carbonyl (C=O) groups excluding carboxylic acids is 1. The van der Waals surface area contributed by atoms with Crippen LogP contribution in [0.5, 0.6) is 0 Å². The number of nitrogens with one attached hydrogen (secondary N) is 3. The van der Waals surface area contributed by atoms with E-state index in [9.17, 15) is 13.6 Å². The lowest BCUT2D eigenvalue weighted by Gasteiger charge is -2.13. The topological polar surface area (TPSA) is 65.0 Å². The Kier molecular flexibility index (Phi) is 4.52. The minimum Gasteiger partial charge on any atom is -0.368 e. The molecule has 1 aromatic rings. The van der Waals surface area contributed by atoms with Crippen LogP contribution in [-0.2, 0) is 4.79 Å². The lowest BCUT2D eigenvalue weighted by molar-refractivity contribution is -0.116. The molecule has 1 amide bonds. The van der Waals surface area contributed by atoms with Crippen molar-refractivity contribution in [3.63, 3.8) is 0 Å². The van der Waals surface area contributed by atoms with Gasteiger partial charge in [-0.1, -0.05) is 11.8 Å². The predicted molar refractivity (Wildman–Crippen MR) is 73.3 cm³/mol. The summed E-state index contributed by atoms with van der Waals surface area (Å²) in [6, 6.07) is 3.19. The van der Waals surface area contributed by atoms with E-state index in [4.69, 9.17) is 5.41 Å². The fourth-order valence-electron chi connectivity index (χ4n) is 1.46. The number of amides is 1. The molecule has 3 N–H and O–H groups in total. The molecule has 20 heavy (non-hydrogen) atoms. The summed E-state index contributed by atoms with van der Waals surface area (Å²) in [7, 11) is 0. The number of benzene rings is 1. The Hall–Kier alpha value is -2.15. The van der Waals surface area contributed by atoms with E-state index in [1.807, 2.05) is 0 Å². The molecule has 0 unspecified atom stereocenters. The Morgan fingerprint density at radius 3 is 2.85 bits per heavy atom. The maximum Gasteiger partial charge on any atom is 0.247 e. The average Bonchev–Trinajstić information content (AvgIpc) is 2.40. The number of allylic oxidation sites excluding steroid dienone is 1. The molecular formula is C13H11F2N3OS. The molecule has 0 aromatic heterocycles. The number of thioether (sulfide) groups is 1. The van der Waals surface area contributed by atoms with Crippen LogP contribution in [0.4, 0.5) is 8.78 Å². The van der Waals surface area contributed by atoms with Crippen LogP contribution in [0.25, 0.3) is 0 Å². The largest absolute Gasteiger partial charge is 0.368 e.